The fraction of sp³-hybridized carbons (Fsp3) is 0.333. The Balaban J connectivity index is 2.40. The molecule has 0 aliphatic rings. The quantitative estimate of drug-likeness (QED) is 0.610. The van der Waals surface area contributed by atoms with Crippen LogP contribution >= 0.6 is 0 Å². The highest BCUT2D eigenvalue weighted by atomic mass is 16.5. The maximum Gasteiger partial charge on any atom is 0.345 e. The summed E-state index contributed by atoms with van der Waals surface area (Å²) in [5.74, 6) is 0.912. The lowest BCUT2D eigenvalue weighted by Gasteiger charge is -2.18. The van der Waals surface area contributed by atoms with Gasteiger partial charge in [0.25, 0.3) is 0 Å². The first-order chi connectivity index (χ1) is 10.0. The largest absolute Gasteiger partial charge is 0.422 e. The molecule has 0 unspecified atom stereocenters. The van der Waals surface area contributed by atoms with Gasteiger partial charge in [-0.25, -0.2) is 4.79 Å². The minimum Gasteiger partial charge on any atom is -0.422 e. The van der Waals surface area contributed by atoms with Crippen molar-refractivity contribution in [3.05, 3.63) is 59.4 Å². The van der Waals surface area contributed by atoms with E-state index in [1.165, 1.54) is 6.20 Å². The fourth-order valence-corrected chi connectivity index (χ4v) is 2.24. The molecule has 0 aliphatic carbocycles. The molecule has 0 bridgehead atoms. The van der Waals surface area contributed by atoms with E-state index in [1.54, 1.807) is 18.3 Å². The highest BCUT2D eigenvalue weighted by molar-refractivity contribution is 5.91. The molecular weight excluding hydrogens is 262 g/mol. The lowest BCUT2D eigenvalue weighted by molar-refractivity contribution is 0.0730. The molecule has 110 valence electrons. The van der Waals surface area contributed by atoms with Gasteiger partial charge in [0.15, 0.2) is 0 Å². The van der Waals surface area contributed by atoms with Crippen molar-refractivity contribution in [2.24, 2.45) is 0 Å². The summed E-state index contributed by atoms with van der Waals surface area (Å²) in [4.78, 5) is 16.3. The van der Waals surface area contributed by atoms with Crippen molar-refractivity contribution in [3.8, 4) is 5.75 Å². The molecule has 0 amide bonds. The second-order valence-electron chi connectivity index (χ2n) is 5.71. The molecule has 0 N–H and O–H groups in total. The van der Waals surface area contributed by atoms with Gasteiger partial charge in [-0.1, -0.05) is 45.9 Å². The molecule has 0 atom stereocenters. The van der Waals surface area contributed by atoms with Gasteiger partial charge in [0.05, 0.1) is 5.56 Å². The van der Waals surface area contributed by atoms with E-state index in [-0.39, 0.29) is 5.97 Å². The highest BCUT2D eigenvalue weighted by Crippen LogP contribution is 2.34. The number of hydrogen-bond donors (Lipinski definition) is 0. The van der Waals surface area contributed by atoms with Crippen LogP contribution in [0, 0.1) is 0 Å². The van der Waals surface area contributed by atoms with Crippen LogP contribution in [0.3, 0.4) is 0 Å². The van der Waals surface area contributed by atoms with Gasteiger partial charge in [0.2, 0.25) is 0 Å². The molecule has 3 nitrogen and oxygen atoms in total. The summed E-state index contributed by atoms with van der Waals surface area (Å²) in [5, 5.41) is 0. The van der Waals surface area contributed by atoms with Crippen molar-refractivity contribution < 1.29 is 9.53 Å². The van der Waals surface area contributed by atoms with E-state index in [0.29, 0.717) is 23.1 Å². The first-order valence-corrected chi connectivity index (χ1v) is 7.25. The first-order valence-electron chi connectivity index (χ1n) is 7.25. The molecule has 1 heterocycles. The van der Waals surface area contributed by atoms with Crippen molar-refractivity contribution in [2.45, 2.75) is 39.5 Å². The van der Waals surface area contributed by atoms with Crippen LogP contribution in [0.4, 0.5) is 0 Å². The zero-order chi connectivity index (χ0) is 15.4. The van der Waals surface area contributed by atoms with E-state index in [2.05, 4.69) is 32.7 Å². The van der Waals surface area contributed by atoms with Crippen molar-refractivity contribution in [1.29, 1.82) is 0 Å². The number of hydrogen-bond acceptors (Lipinski definition) is 3. The molecule has 0 radical (unpaired) electrons. The molecule has 2 aromatic rings. The highest BCUT2D eigenvalue weighted by Gasteiger charge is 2.18. The van der Waals surface area contributed by atoms with Crippen LogP contribution in [0.5, 0.6) is 5.75 Å². The Hall–Kier alpha value is -2.16. The number of carbonyl (C=O) groups excluding carboxylic acids is 1. The van der Waals surface area contributed by atoms with E-state index < -0.39 is 0 Å². The average molecular weight is 283 g/mol. The van der Waals surface area contributed by atoms with Gasteiger partial charge in [-0.15, -0.1) is 0 Å². The van der Waals surface area contributed by atoms with Gasteiger partial charge in [0, 0.05) is 12.4 Å². The third-order valence-corrected chi connectivity index (χ3v) is 3.41. The predicted molar refractivity (Wildman–Crippen MR) is 83.8 cm³/mol. The normalized spacial score (nSPS) is 11.0. The summed E-state index contributed by atoms with van der Waals surface area (Å²) in [7, 11) is 0. The van der Waals surface area contributed by atoms with Crippen LogP contribution in [-0.2, 0) is 0 Å². The number of ether oxygens (including phenoxy) is 1. The number of aromatic nitrogens is 1. The van der Waals surface area contributed by atoms with Crippen LogP contribution in [0.15, 0.2) is 42.7 Å². The van der Waals surface area contributed by atoms with Crippen molar-refractivity contribution in [1.82, 2.24) is 4.98 Å². The number of benzene rings is 1. The van der Waals surface area contributed by atoms with Gasteiger partial charge in [-0.3, -0.25) is 4.98 Å². The van der Waals surface area contributed by atoms with Crippen LogP contribution in [0.25, 0.3) is 0 Å². The molecular formula is C18H21NO2. The molecule has 0 aliphatic heterocycles. The van der Waals surface area contributed by atoms with Crippen LogP contribution in [0.1, 0.15) is 61.0 Å². The summed E-state index contributed by atoms with van der Waals surface area (Å²) in [6.07, 6.45) is 3.16. The number of carbonyl (C=O) groups is 1. The first kappa shape index (κ1) is 15.2. The van der Waals surface area contributed by atoms with Gasteiger partial charge < -0.3 is 4.74 Å². The van der Waals surface area contributed by atoms with Crippen molar-refractivity contribution in [2.75, 3.05) is 0 Å². The van der Waals surface area contributed by atoms with E-state index in [1.807, 2.05) is 18.2 Å². The molecule has 0 fully saturated rings. The SMILES string of the molecule is CC(C)c1cccc(C(C)C)c1OC(=O)c1cccnc1. The smallest absolute Gasteiger partial charge is 0.345 e. The van der Waals surface area contributed by atoms with E-state index in [4.69, 9.17) is 4.74 Å². The van der Waals surface area contributed by atoms with Gasteiger partial charge in [0.1, 0.15) is 5.75 Å². The molecule has 1 aromatic carbocycles. The zero-order valence-electron chi connectivity index (χ0n) is 13.0. The Labute approximate surface area is 126 Å². The van der Waals surface area contributed by atoms with E-state index in [0.717, 1.165) is 11.1 Å². The third-order valence-electron chi connectivity index (χ3n) is 3.41. The van der Waals surface area contributed by atoms with Crippen LogP contribution in [-0.4, -0.2) is 11.0 Å². The Morgan fingerprint density at radius 3 is 2.10 bits per heavy atom. The van der Waals surface area contributed by atoms with E-state index >= 15 is 0 Å². The average Bonchev–Trinajstić information content (AvgIpc) is 2.47. The minimum absolute atomic E-state index is 0.292. The Bertz CT molecular complexity index is 592. The number of pyridine rings is 1. The third kappa shape index (κ3) is 3.48. The summed E-state index contributed by atoms with van der Waals surface area (Å²) >= 11 is 0. The summed E-state index contributed by atoms with van der Waals surface area (Å²) < 4.78 is 5.71. The second-order valence-corrected chi connectivity index (χ2v) is 5.71. The molecule has 0 spiro atoms. The summed E-state index contributed by atoms with van der Waals surface area (Å²) in [6.45, 7) is 8.39. The van der Waals surface area contributed by atoms with Gasteiger partial charge >= 0.3 is 5.97 Å². The fourth-order valence-electron chi connectivity index (χ4n) is 2.24. The van der Waals surface area contributed by atoms with Gasteiger partial charge in [-0.05, 0) is 35.1 Å². The standard InChI is InChI=1S/C18H21NO2/c1-12(2)15-8-5-9-16(13(3)4)17(15)21-18(20)14-7-6-10-19-11-14/h5-13H,1-4H3. The predicted octanol–water partition coefficient (Wildman–Crippen LogP) is 4.55. The minimum atomic E-state index is -0.363. The van der Waals surface area contributed by atoms with Crippen molar-refractivity contribution >= 4 is 5.97 Å². The number of rotatable bonds is 4. The number of nitrogens with zero attached hydrogens (tertiary/aromatic N) is 1. The molecule has 0 saturated carbocycles. The molecule has 2 rings (SSSR count). The Morgan fingerprint density at radius 2 is 1.62 bits per heavy atom. The Morgan fingerprint density at radius 1 is 1.00 bits per heavy atom. The topological polar surface area (TPSA) is 39.2 Å². The second kappa shape index (κ2) is 6.53. The molecule has 21 heavy (non-hydrogen) atoms. The number of esters is 1. The van der Waals surface area contributed by atoms with Gasteiger partial charge in [-0.2, -0.15) is 0 Å². The van der Waals surface area contributed by atoms with Crippen LogP contribution in [0.2, 0.25) is 0 Å². The Kier molecular flexibility index (Phi) is 4.73. The zero-order valence-corrected chi connectivity index (χ0v) is 13.0. The molecule has 3 heteroatoms. The van der Waals surface area contributed by atoms with E-state index in [9.17, 15) is 4.79 Å². The molecule has 1 aromatic heterocycles. The summed E-state index contributed by atoms with van der Waals surface area (Å²) in [5.41, 5.74) is 2.57. The monoisotopic (exact) mass is 283 g/mol. The molecule has 0 saturated heterocycles. The number of para-hydroxylation sites is 1. The lowest BCUT2D eigenvalue weighted by atomic mass is 9.94. The maximum absolute atomic E-state index is 12.3. The van der Waals surface area contributed by atoms with Crippen LogP contribution < -0.4 is 4.74 Å². The summed E-state index contributed by atoms with van der Waals surface area (Å²) in [6, 6.07) is 9.49. The van der Waals surface area contributed by atoms with Crippen molar-refractivity contribution in [3.63, 3.8) is 0 Å². The maximum atomic E-state index is 12.3. The lowest BCUT2D eigenvalue weighted by Crippen LogP contribution is -2.12.